The zero-order valence-electron chi connectivity index (χ0n) is 26.6. The molecule has 0 atom stereocenters. The van der Waals surface area contributed by atoms with E-state index in [9.17, 15) is 0 Å². The van der Waals surface area contributed by atoms with Crippen molar-refractivity contribution in [3.8, 4) is 33.4 Å². The Labute approximate surface area is 275 Å². The molecule has 1 N–H and O–H groups in total. The number of benzene rings is 7. The van der Waals surface area contributed by atoms with Crippen molar-refractivity contribution >= 4 is 38.9 Å². The zero-order valence-corrected chi connectivity index (χ0v) is 26.6. The van der Waals surface area contributed by atoms with Gasteiger partial charge >= 0.3 is 0 Å². The molecule has 1 aromatic heterocycles. The highest BCUT2D eigenvalue weighted by Gasteiger charge is 2.30. The lowest BCUT2D eigenvalue weighted by Crippen LogP contribution is -2.16. The van der Waals surface area contributed by atoms with Gasteiger partial charge < -0.3 is 9.88 Å². The Morgan fingerprint density at radius 3 is 1.96 bits per heavy atom. The second-order valence-corrected chi connectivity index (χ2v) is 12.7. The first kappa shape index (κ1) is 27.5. The normalized spacial score (nSPS) is 12.0. The predicted molar refractivity (Wildman–Crippen MR) is 199 cm³/mol. The number of nitrogens with zero attached hydrogens (tertiary/aromatic N) is 1. The van der Waals surface area contributed by atoms with Gasteiger partial charge in [-0.15, -0.1) is 0 Å². The maximum atomic E-state index is 3.78. The first-order chi connectivity index (χ1) is 23.2. The third-order valence-corrected chi connectivity index (χ3v) is 10.0. The van der Waals surface area contributed by atoms with Crippen LogP contribution in [-0.2, 0) is 6.42 Å². The number of para-hydroxylation sites is 4. The molecular formula is C45H34N2. The molecule has 8 aromatic rings. The second kappa shape index (κ2) is 10.9. The number of hydrogen-bond acceptors (Lipinski definition) is 1. The third kappa shape index (κ3) is 4.33. The van der Waals surface area contributed by atoms with Crippen molar-refractivity contribution in [2.75, 3.05) is 4.90 Å². The predicted octanol–water partition coefficient (Wildman–Crippen LogP) is 12.3. The van der Waals surface area contributed by atoms with Crippen molar-refractivity contribution in [2.45, 2.75) is 20.3 Å². The van der Waals surface area contributed by atoms with Gasteiger partial charge in [0.25, 0.3) is 0 Å². The Morgan fingerprint density at radius 1 is 0.511 bits per heavy atom. The number of hydrogen-bond donors (Lipinski definition) is 1. The Kier molecular flexibility index (Phi) is 6.36. The molecule has 9 rings (SSSR count). The second-order valence-electron chi connectivity index (χ2n) is 12.7. The van der Waals surface area contributed by atoms with Crippen LogP contribution in [0, 0.1) is 13.8 Å². The van der Waals surface area contributed by atoms with E-state index in [2.05, 4.69) is 175 Å². The van der Waals surface area contributed by atoms with E-state index in [1.165, 1.54) is 77.8 Å². The lowest BCUT2D eigenvalue weighted by atomic mass is 9.92. The van der Waals surface area contributed by atoms with Crippen LogP contribution in [0.25, 0.3) is 55.2 Å². The molecule has 2 heteroatoms. The average Bonchev–Trinajstić information content (AvgIpc) is 3.69. The van der Waals surface area contributed by atoms with Crippen LogP contribution in [0.2, 0.25) is 0 Å². The highest BCUT2D eigenvalue weighted by molar-refractivity contribution is 6.13. The minimum absolute atomic E-state index is 0.908. The molecule has 1 heterocycles. The van der Waals surface area contributed by atoms with Crippen LogP contribution in [0.1, 0.15) is 22.3 Å². The van der Waals surface area contributed by atoms with E-state index in [-0.39, 0.29) is 0 Å². The largest absolute Gasteiger partial charge is 0.354 e. The quantitative estimate of drug-likeness (QED) is 0.208. The number of anilines is 3. The number of rotatable bonds is 5. The molecule has 1 aliphatic rings. The van der Waals surface area contributed by atoms with Crippen LogP contribution >= 0.6 is 0 Å². The monoisotopic (exact) mass is 602 g/mol. The van der Waals surface area contributed by atoms with Gasteiger partial charge in [0.2, 0.25) is 0 Å². The van der Waals surface area contributed by atoms with Crippen LogP contribution in [-0.4, -0.2) is 4.98 Å². The number of nitrogens with one attached hydrogen (secondary N) is 1. The topological polar surface area (TPSA) is 19.0 Å². The van der Waals surface area contributed by atoms with Crippen LogP contribution < -0.4 is 4.90 Å². The molecule has 0 radical (unpaired) electrons. The van der Waals surface area contributed by atoms with E-state index in [1.54, 1.807) is 0 Å². The molecule has 0 saturated carbocycles. The lowest BCUT2D eigenvalue weighted by molar-refractivity contribution is 1.16. The standard InChI is InChI=1S/C45H34N2/c1-29-27-39-33-18-7-6-17-32(33)28-40(39)45(30(29)2)47(42-25-12-9-19-34(42)31-15-4-3-5-16-31)43-26-13-10-21-36(43)38-23-14-22-37-35-20-8-11-24-41(35)46-44(37)38/h3-27,46H,28H2,1-2H3. The first-order valence-electron chi connectivity index (χ1n) is 16.4. The fourth-order valence-electron chi connectivity index (χ4n) is 7.70. The number of aromatic amines is 1. The highest BCUT2D eigenvalue weighted by atomic mass is 15.2. The summed E-state index contributed by atoms with van der Waals surface area (Å²) in [5, 5.41) is 2.49. The van der Waals surface area contributed by atoms with Crippen molar-refractivity contribution in [1.82, 2.24) is 4.98 Å². The van der Waals surface area contributed by atoms with Gasteiger partial charge in [0, 0.05) is 39.4 Å². The molecule has 0 bridgehead atoms. The Bertz CT molecular complexity index is 2470. The van der Waals surface area contributed by atoms with Crippen LogP contribution in [0.4, 0.5) is 17.1 Å². The summed E-state index contributed by atoms with van der Waals surface area (Å²) in [4.78, 5) is 6.35. The summed E-state index contributed by atoms with van der Waals surface area (Å²) in [5.41, 5.74) is 18.8. The summed E-state index contributed by atoms with van der Waals surface area (Å²) >= 11 is 0. The van der Waals surface area contributed by atoms with E-state index in [1.807, 2.05) is 0 Å². The van der Waals surface area contributed by atoms with E-state index >= 15 is 0 Å². The van der Waals surface area contributed by atoms with Gasteiger partial charge in [-0.3, -0.25) is 0 Å². The molecule has 7 aromatic carbocycles. The summed E-state index contributed by atoms with van der Waals surface area (Å²) in [7, 11) is 0. The summed E-state index contributed by atoms with van der Waals surface area (Å²) < 4.78 is 0. The molecule has 47 heavy (non-hydrogen) atoms. The SMILES string of the molecule is Cc1cc2c(c(N(c3ccccc3-c3ccccc3)c3ccccc3-c3cccc4c3[nH]c3ccccc34)c1C)Cc1ccccc1-2. The van der Waals surface area contributed by atoms with Gasteiger partial charge in [0.1, 0.15) is 0 Å². The Morgan fingerprint density at radius 2 is 1.13 bits per heavy atom. The van der Waals surface area contributed by atoms with E-state index in [0.717, 1.165) is 23.1 Å². The van der Waals surface area contributed by atoms with Gasteiger partial charge in [-0.1, -0.05) is 133 Å². The first-order valence-corrected chi connectivity index (χ1v) is 16.4. The molecule has 0 spiro atoms. The number of fused-ring (bicyclic) bond motifs is 6. The summed E-state index contributed by atoms with van der Waals surface area (Å²) in [5.74, 6) is 0. The maximum absolute atomic E-state index is 3.78. The zero-order chi connectivity index (χ0) is 31.5. The van der Waals surface area contributed by atoms with Crippen molar-refractivity contribution in [2.24, 2.45) is 0 Å². The molecule has 2 nitrogen and oxygen atoms in total. The molecule has 1 aliphatic carbocycles. The summed E-state index contributed by atoms with van der Waals surface area (Å²) in [6.45, 7) is 4.56. The number of H-pyrrole nitrogens is 1. The van der Waals surface area contributed by atoms with Crippen molar-refractivity contribution < 1.29 is 0 Å². The van der Waals surface area contributed by atoms with E-state index in [4.69, 9.17) is 0 Å². The van der Waals surface area contributed by atoms with Gasteiger partial charge in [-0.2, -0.15) is 0 Å². The minimum Gasteiger partial charge on any atom is -0.354 e. The van der Waals surface area contributed by atoms with Gasteiger partial charge in [0.05, 0.1) is 22.6 Å². The van der Waals surface area contributed by atoms with Crippen molar-refractivity contribution in [3.05, 3.63) is 174 Å². The van der Waals surface area contributed by atoms with Gasteiger partial charge in [0.15, 0.2) is 0 Å². The molecule has 0 fully saturated rings. The fourth-order valence-corrected chi connectivity index (χ4v) is 7.70. The summed E-state index contributed by atoms with van der Waals surface area (Å²) in [6, 6.07) is 55.2. The van der Waals surface area contributed by atoms with Crippen molar-refractivity contribution in [1.29, 1.82) is 0 Å². The maximum Gasteiger partial charge on any atom is 0.0545 e. The molecule has 224 valence electrons. The van der Waals surface area contributed by atoms with Crippen LogP contribution in [0.15, 0.2) is 152 Å². The molecular weight excluding hydrogens is 569 g/mol. The highest BCUT2D eigenvalue weighted by Crippen LogP contribution is 2.52. The Hall–Kier alpha value is -5.86. The fraction of sp³-hybridized carbons (Fsp3) is 0.0667. The molecule has 0 aliphatic heterocycles. The van der Waals surface area contributed by atoms with Gasteiger partial charge in [-0.05, 0) is 71.0 Å². The van der Waals surface area contributed by atoms with Crippen LogP contribution in [0.3, 0.4) is 0 Å². The molecule has 0 unspecified atom stereocenters. The molecule has 0 saturated heterocycles. The summed E-state index contributed by atoms with van der Waals surface area (Å²) in [6.07, 6.45) is 0.908. The van der Waals surface area contributed by atoms with Crippen molar-refractivity contribution in [3.63, 3.8) is 0 Å². The van der Waals surface area contributed by atoms with E-state index in [0.29, 0.717) is 0 Å². The van der Waals surface area contributed by atoms with Gasteiger partial charge in [-0.25, -0.2) is 0 Å². The third-order valence-electron chi connectivity index (χ3n) is 10.0. The van der Waals surface area contributed by atoms with E-state index < -0.39 is 0 Å². The number of aromatic nitrogens is 1. The van der Waals surface area contributed by atoms with Crippen LogP contribution in [0.5, 0.6) is 0 Å². The molecule has 0 amide bonds. The average molecular weight is 603 g/mol. The smallest absolute Gasteiger partial charge is 0.0545 e. The lowest BCUT2D eigenvalue weighted by Gasteiger charge is -2.33. The minimum atomic E-state index is 0.908. The number of aryl methyl sites for hydroxylation is 1. The Balaban J connectivity index is 1.37.